The average Bonchev–Trinajstić information content (AvgIpc) is 2.60. The van der Waals surface area contributed by atoms with Crippen molar-refractivity contribution >= 4 is 29.3 Å². The second kappa shape index (κ2) is 9.89. The second-order valence-corrected chi connectivity index (χ2v) is 8.04. The summed E-state index contributed by atoms with van der Waals surface area (Å²) in [6, 6.07) is 11.8. The molecule has 0 fully saturated rings. The van der Waals surface area contributed by atoms with Crippen LogP contribution in [0.3, 0.4) is 0 Å². The van der Waals surface area contributed by atoms with E-state index in [4.69, 9.17) is 16.3 Å². The Hall–Kier alpha value is -1.65. The van der Waals surface area contributed by atoms with E-state index in [9.17, 15) is 4.79 Å². The van der Waals surface area contributed by atoms with Crippen molar-refractivity contribution in [2.45, 2.75) is 32.4 Å². The maximum Gasteiger partial charge on any atom is 0.251 e. The number of aryl methyl sites for hydroxylation is 1. The standard InChI is InChI=1S/C21H26ClNO2S/c1-14(2)18-12-19(15(3)10-20(18)25-4)21(24)23-8-9-26-13-16-6-5-7-17(22)11-16/h5-7,10-12,14H,8-9,13H2,1-4H3,(H,23,24). The smallest absolute Gasteiger partial charge is 0.251 e. The van der Waals surface area contributed by atoms with E-state index < -0.39 is 0 Å². The highest BCUT2D eigenvalue weighted by Gasteiger charge is 2.15. The number of thioether (sulfide) groups is 1. The molecule has 0 bridgehead atoms. The van der Waals surface area contributed by atoms with Crippen LogP contribution in [-0.4, -0.2) is 25.3 Å². The predicted octanol–water partition coefficient (Wildman–Crippen LogP) is 5.44. The number of hydrogen-bond acceptors (Lipinski definition) is 3. The summed E-state index contributed by atoms with van der Waals surface area (Å²) in [5.74, 6) is 2.84. The van der Waals surface area contributed by atoms with Crippen molar-refractivity contribution in [3.63, 3.8) is 0 Å². The number of nitrogens with one attached hydrogen (secondary N) is 1. The lowest BCUT2D eigenvalue weighted by molar-refractivity contribution is 0.0955. The van der Waals surface area contributed by atoms with Gasteiger partial charge < -0.3 is 10.1 Å². The minimum Gasteiger partial charge on any atom is -0.496 e. The van der Waals surface area contributed by atoms with E-state index in [0.717, 1.165) is 33.4 Å². The molecule has 0 unspecified atom stereocenters. The maximum absolute atomic E-state index is 12.5. The number of amides is 1. The van der Waals surface area contributed by atoms with Crippen molar-refractivity contribution in [1.82, 2.24) is 5.32 Å². The molecule has 1 amide bonds. The molecule has 2 aromatic rings. The minimum absolute atomic E-state index is 0.0320. The molecule has 3 nitrogen and oxygen atoms in total. The van der Waals surface area contributed by atoms with Gasteiger partial charge in [-0.2, -0.15) is 11.8 Å². The summed E-state index contributed by atoms with van der Waals surface area (Å²) in [5, 5.41) is 3.77. The van der Waals surface area contributed by atoms with Gasteiger partial charge in [0, 0.05) is 28.6 Å². The van der Waals surface area contributed by atoms with E-state index >= 15 is 0 Å². The lowest BCUT2D eigenvalue weighted by Crippen LogP contribution is -2.26. The fourth-order valence-electron chi connectivity index (χ4n) is 2.72. The van der Waals surface area contributed by atoms with Gasteiger partial charge in [-0.25, -0.2) is 0 Å². The summed E-state index contributed by atoms with van der Waals surface area (Å²) >= 11 is 7.77. The van der Waals surface area contributed by atoms with Crippen LogP contribution in [0, 0.1) is 6.92 Å². The molecule has 0 aliphatic rings. The first-order chi connectivity index (χ1) is 12.4. The fraction of sp³-hybridized carbons (Fsp3) is 0.381. The van der Waals surface area contributed by atoms with E-state index in [-0.39, 0.29) is 5.91 Å². The van der Waals surface area contributed by atoms with E-state index in [0.29, 0.717) is 18.0 Å². The van der Waals surface area contributed by atoms with Gasteiger partial charge in [0.15, 0.2) is 0 Å². The number of ether oxygens (including phenoxy) is 1. The molecule has 0 aliphatic carbocycles. The number of hydrogen-bond donors (Lipinski definition) is 1. The van der Waals surface area contributed by atoms with Gasteiger partial charge in [-0.1, -0.05) is 37.6 Å². The molecule has 1 N–H and O–H groups in total. The van der Waals surface area contributed by atoms with Crippen molar-refractivity contribution < 1.29 is 9.53 Å². The third-order valence-electron chi connectivity index (χ3n) is 4.13. The molecule has 2 aromatic carbocycles. The number of carbonyl (C=O) groups is 1. The highest BCUT2D eigenvalue weighted by molar-refractivity contribution is 7.98. The van der Waals surface area contributed by atoms with Gasteiger partial charge >= 0.3 is 0 Å². The molecule has 2 rings (SSSR count). The first-order valence-electron chi connectivity index (χ1n) is 8.71. The van der Waals surface area contributed by atoms with Crippen molar-refractivity contribution in [2.75, 3.05) is 19.4 Å². The van der Waals surface area contributed by atoms with Crippen LogP contribution in [0.15, 0.2) is 36.4 Å². The Kier molecular flexibility index (Phi) is 7.85. The second-order valence-electron chi connectivity index (χ2n) is 6.50. The third-order valence-corrected chi connectivity index (χ3v) is 5.40. The molecule has 0 atom stereocenters. The van der Waals surface area contributed by atoms with Gasteiger partial charge in [-0.05, 0) is 53.8 Å². The van der Waals surface area contributed by atoms with Crippen LogP contribution in [0.4, 0.5) is 0 Å². The Morgan fingerprint density at radius 2 is 2.04 bits per heavy atom. The monoisotopic (exact) mass is 391 g/mol. The Labute approximate surface area is 165 Å². The maximum atomic E-state index is 12.5. The summed E-state index contributed by atoms with van der Waals surface area (Å²) in [5.41, 5.74) is 3.89. The van der Waals surface area contributed by atoms with E-state index in [2.05, 4.69) is 25.2 Å². The number of carbonyl (C=O) groups excluding carboxylic acids is 1. The molecule has 0 aromatic heterocycles. The quantitative estimate of drug-likeness (QED) is 0.608. The van der Waals surface area contributed by atoms with Crippen LogP contribution >= 0.6 is 23.4 Å². The molecular weight excluding hydrogens is 366 g/mol. The first kappa shape index (κ1) is 20.7. The van der Waals surface area contributed by atoms with E-state index in [1.54, 1.807) is 18.9 Å². The van der Waals surface area contributed by atoms with Gasteiger partial charge in [-0.3, -0.25) is 4.79 Å². The molecule has 0 heterocycles. The SMILES string of the molecule is COc1cc(C)c(C(=O)NCCSCc2cccc(Cl)c2)cc1C(C)C. The minimum atomic E-state index is -0.0320. The zero-order valence-corrected chi connectivity index (χ0v) is 17.3. The van der Waals surface area contributed by atoms with Crippen LogP contribution in [0.1, 0.15) is 46.8 Å². The molecule has 0 radical (unpaired) electrons. The first-order valence-corrected chi connectivity index (χ1v) is 10.2. The van der Waals surface area contributed by atoms with E-state index in [1.807, 2.05) is 37.3 Å². The Balaban J connectivity index is 1.88. The van der Waals surface area contributed by atoms with Gasteiger partial charge in [0.05, 0.1) is 7.11 Å². The van der Waals surface area contributed by atoms with Crippen LogP contribution in [0.2, 0.25) is 5.02 Å². The molecule has 0 saturated carbocycles. The number of methoxy groups -OCH3 is 1. The summed E-state index contributed by atoms with van der Waals surface area (Å²) in [7, 11) is 1.66. The zero-order chi connectivity index (χ0) is 19.1. The largest absolute Gasteiger partial charge is 0.496 e. The van der Waals surface area contributed by atoms with Gasteiger partial charge in [0.25, 0.3) is 5.91 Å². The molecule has 5 heteroatoms. The molecular formula is C21H26ClNO2S. The van der Waals surface area contributed by atoms with Crippen molar-refractivity contribution in [3.8, 4) is 5.75 Å². The molecule has 26 heavy (non-hydrogen) atoms. The topological polar surface area (TPSA) is 38.3 Å². The van der Waals surface area contributed by atoms with Crippen LogP contribution in [0.25, 0.3) is 0 Å². The predicted molar refractivity (Wildman–Crippen MR) is 112 cm³/mol. The van der Waals surface area contributed by atoms with Crippen molar-refractivity contribution in [3.05, 3.63) is 63.7 Å². The highest BCUT2D eigenvalue weighted by atomic mass is 35.5. The van der Waals surface area contributed by atoms with Crippen LogP contribution in [-0.2, 0) is 5.75 Å². The normalized spacial score (nSPS) is 10.8. The molecule has 0 spiro atoms. The Morgan fingerprint density at radius 3 is 2.69 bits per heavy atom. The zero-order valence-electron chi connectivity index (χ0n) is 15.8. The molecule has 0 saturated heterocycles. The highest BCUT2D eigenvalue weighted by Crippen LogP contribution is 2.29. The third kappa shape index (κ3) is 5.68. The van der Waals surface area contributed by atoms with Crippen molar-refractivity contribution in [1.29, 1.82) is 0 Å². The van der Waals surface area contributed by atoms with E-state index in [1.165, 1.54) is 5.56 Å². The Bertz CT molecular complexity index is 762. The van der Waals surface area contributed by atoms with Gasteiger partial charge in [0.1, 0.15) is 5.75 Å². The summed E-state index contributed by atoms with van der Waals surface area (Å²) in [6.07, 6.45) is 0. The average molecular weight is 392 g/mol. The summed E-state index contributed by atoms with van der Waals surface area (Å²) in [4.78, 5) is 12.5. The number of benzene rings is 2. The summed E-state index contributed by atoms with van der Waals surface area (Å²) in [6.45, 7) is 6.77. The Morgan fingerprint density at radius 1 is 1.27 bits per heavy atom. The molecule has 140 valence electrons. The lowest BCUT2D eigenvalue weighted by atomic mass is 9.96. The van der Waals surface area contributed by atoms with Gasteiger partial charge in [0.2, 0.25) is 0 Å². The molecule has 0 aliphatic heterocycles. The fourth-order valence-corrected chi connectivity index (χ4v) is 3.74. The van der Waals surface area contributed by atoms with Crippen LogP contribution < -0.4 is 10.1 Å². The summed E-state index contributed by atoms with van der Waals surface area (Å²) < 4.78 is 5.44. The number of rotatable bonds is 8. The number of halogens is 1. The lowest BCUT2D eigenvalue weighted by Gasteiger charge is -2.16. The van der Waals surface area contributed by atoms with Crippen molar-refractivity contribution in [2.24, 2.45) is 0 Å². The van der Waals surface area contributed by atoms with Gasteiger partial charge in [-0.15, -0.1) is 0 Å². The van der Waals surface area contributed by atoms with Crippen LogP contribution in [0.5, 0.6) is 5.75 Å².